The fourth-order valence-electron chi connectivity index (χ4n) is 2.00. The van der Waals surface area contributed by atoms with E-state index in [1.54, 1.807) is 12.1 Å². The van der Waals surface area contributed by atoms with E-state index in [2.05, 4.69) is 5.32 Å². The van der Waals surface area contributed by atoms with Crippen LogP contribution < -0.4 is 5.32 Å². The van der Waals surface area contributed by atoms with E-state index in [-0.39, 0.29) is 18.3 Å². The number of carbonyl (C=O) groups excluding carboxylic acids is 1. The van der Waals surface area contributed by atoms with Gasteiger partial charge in [0.1, 0.15) is 5.82 Å². The van der Waals surface area contributed by atoms with Crippen LogP contribution in [0.2, 0.25) is 0 Å². The monoisotopic (exact) mass is 268 g/mol. The van der Waals surface area contributed by atoms with Crippen LogP contribution in [0.4, 0.5) is 14.9 Å². The van der Waals surface area contributed by atoms with Crippen molar-refractivity contribution >= 4 is 11.7 Å². The minimum Gasteiger partial charge on any atom is -0.394 e. The van der Waals surface area contributed by atoms with Crippen LogP contribution in [0.25, 0.3) is 0 Å². The molecule has 2 N–H and O–H groups in total. The maximum Gasteiger partial charge on any atom is 0.322 e. The first-order chi connectivity index (χ1) is 9.11. The van der Waals surface area contributed by atoms with Gasteiger partial charge in [-0.15, -0.1) is 0 Å². The Bertz CT molecular complexity index is 467. The van der Waals surface area contributed by atoms with Crippen LogP contribution in [-0.2, 0) is 4.74 Å². The van der Waals surface area contributed by atoms with Crippen LogP contribution in [0.15, 0.2) is 18.2 Å². The highest BCUT2D eigenvalue weighted by Gasteiger charge is 2.27. The number of amides is 2. The first kappa shape index (κ1) is 13.8. The fourth-order valence-corrected chi connectivity index (χ4v) is 2.00. The van der Waals surface area contributed by atoms with Crippen LogP contribution >= 0.6 is 0 Å². The lowest BCUT2D eigenvalue weighted by Gasteiger charge is -2.34. The number of nitrogens with one attached hydrogen (secondary N) is 1. The number of aliphatic hydroxyl groups is 1. The van der Waals surface area contributed by atoms with Crippen molar-refractivity contribution in [2.24, 2.45) is 0 Å². The number of morpholine rings is 1. The van der Waals surface area contributed by atoms with E-state index >= 15 is 0 Å². The number of aliphatic hydroxyl groups excluding tert-OH is 1. The molecule has 1 aliphatic heterocycles. The first-order valence-corrected chi connectivity index (χ1v) is 6.14. The van der Waals surface area contributed by atoms with E-state index in [1.807, 2.05) is 6.92 Å². The summed E-state index contributed by atoms with van der Waals surface area (Å²) in [6, 6.07) is 3.71. The predicted octanol–water partition coefficient (Wildman–Crippen LogP) is 1.36. The Balaban J connectivity index is 2.09. The number of aryl methyl sites for hydroxylation is 1. The lowest BCUT2D eigenvalue weighted by atomic mass is 10.2. The Morgan fingerprint density at radius 1 is 1.63 bits per heavy atom. The maximum absolute atomic E-state index is 13.6. The van der Waals surface area contributed by atoms with Crippen molar-refractivity contribution in [1.29, 1.82) is 0 Å². The van der Waals surface area contributed by atoms with E-state index in [1.165, 1.54) is 11.0 Å². The average Bonchev–Trinajstić information content (AvgIpc) is 2.42. The SMILES string of the molecule is Cc1ccc(F)c(NC(=O)N2CCOCC2CO)c1. The predicted molar refractivity (Wildman–Crippen MR) is 68.6 cm³/mol. The minimum absolute atomic E-state index is 0.146. The summed E-state index contributed by atoms with van der Waals surface area (Å²) < 4.78 is 18.8. The van der Waals surface area contributed by atoms with Crippen LogP contribution in [0.5, 0.6) is 0 Å². The second kappa shape index (κ2) is 5.99. The molecule has 2 rings (SSSR count). The van der Waals surface area contributed by atoms with Gasteiger partial charge in [0.25, 0.3) is 0 Å². The summed E-state index contributed by atoms with van der Waals surface area (Å²) in [6.45, 7) is 2.73. The number of nitrogens with zero attached hydrogens (tertiary/aromatic N) is 1. The third kappa shape index (κ3) is 3.21. The summed E-state index contributed by atoms with van der Waals surface area (Å²) in [6.07, 6.45) is 0. The van der Waals surface area contributed by atoms with Crippen molar-refractivity contribution in [3.05, 3.63) is 29.6 Å². The van der Waals surface area contributed by atoms with E-state index in [0.29, 0.717) is 19.8 Å². The van der Waals surface area contributed by atoms with E-state index in [9.17, 15) is 14.3 Å². The van der Waals surface area contributed by atoms with Gasteiger partial charge in [-0.1, -0.05) is 6.07 Å². The Kier molecular flexibility index (Phi) is 4.34. The summed E-state index contributed by atoms with van der Waals surface area (Å²) in [5.74, 6) is -0.479. The van der Waals surface area contributed by atoms with Crippen molar-refractivity contribution in [1.82, 2.24) is 4.90 Å². The van der Waals surface area contributed by atoms with Gasteiger partial charge in [-0.05, 0) is 24.6 Å². The zero-order valence-corrected chi connectivity index (χ0v) is 10.7. The molecule has 0 aromatic heterocycles. The van der Waals surface area contributed by atoms with Gasteiger partial charge in [0.2, 0.25) is 0 Å². The lowest BCUT2D eigenvalue weighted by molar-refractivity contribution is -0.00486. The number of hydrogen-bond donors (Lipinski definition) is 2. The summed E-state index contributed by atoms with van der Waals surface area (Å²) in [5.41, 5.74) is 1.01. The fraction of sp³-hybridized carbons (Fsp3) is 0.462. The molecule has 1 aliphatic rings. The molecule has 1 fully saturated rings. The summed E-state index contributed by atoms with van der Waals surface area (Å²) in [4.78, 5) is 13.5. The van der Waals surface area contributed by atoms with Crippen LogP contribution in [0.3, 0.4) is 0 Å². The molecular weight excluding hydrogens is 251 g/mol. The Labute approximate surface area is 111 Å². The van der Waals surface area contributed by atoms with Gasteiger partial charge in [-0.2, -0.15) is 0 Å². The van der Waals surface area contributed by atoms with Gasteiger partial charge in [0.15, 0.2) is 0 Å². The molecular formula is C13H17FN2O3. The molecule has 0 radical (unpaired) electrons. The second-order valence-electron chi connectivity index (χ2n) is 4.52. The Morgan fingerprint density at radius 3 is 3.16 bits per heavy atom. The molecule has 2 amide bonds. The molecule has 1 heterocycles. The molecule has 6 heteroatoms. The van der Waals surface area contributed by atoms with Gasteiger partial charge in [-0.25, -0.2) is 9.18 Å². The molecule has 19 heavy (non-hydrogen) atoms. The maximum atomic E-state index is 13.6. The number of urea groups is 1. The largest absolute Gasteiger partial charge is 0.394 e. The molecule has 1 saturated heterocycles. The highest BCUT2D eigenvalue weighted by atomic mass is 19.1. The van der Waals surface area contributed by atoms with Crippen molar-refractivity contribution in [3.63, 3.8) is 0 Å². The number of ether oxygens (including phenoxy) is 1. The molecule has 104 valence electrons. The molecule has 1 aromatic carbocycles. The molecule has 5 nitrogen and oxygen atoms in total. The summed E-state index contributed by atoms with van der Waals surface area (Å²) in [5, 5.41) is 11.7. The number of benzene rings is 1. The molecule has 1 aromatic rings. The highest BCUT2D eigenvalue weighted by Crippen LogP contribution is 2.17. The third-order valence-electron chi connectivity index (χ3n) is 3.06. The quantitative estimate of drug-likeness (QED) is 0.851. The number of carbonyl (C=O) groups is 1. The minimum atomic E-state index is -0.479. The number of hydrogen-bond acceptors (Lipinski definition) is 3. The van der Waals surface area contributed by atoms with Crippen molar-refractivity contribution < 1.29 is 19.0 Å². The van der Waals surface area contributed by atoms with E-state index < -0.39 is 11.8 Å². The van der Waals surface area contributed by atoms with E-state index in [0.717, 1.165) is 5.56 Å². The Hall–Kier alpha value is -1.66. The standard InChI is InChI=1S/C13H17FN2O3/c1-9-2-3-11(14)12(6-9)15-13(18)16-4-5-19-8-10(16)7-17/h2-3,6,10,17H,4-5,7-8H2,1H3,(H,15,18). The van der Waals surface area contributed by atoms with Gasteiger partial charge < -0.3 is 20.1 Å². The van der Waals surface area contributed by atoms with Gasteiger partial charge in [0.05, 0.1) is 31.5 Å². The molecule has 1 atom stereocenters. The van der Waals surface area contributed by atoms with Crippen molar-refractivity contribution in [2.75, 3.05) is 31.7 Å². The third-order valence-corrected chi connectivity index (χ3v) is 3.06. The van der Waals surface area contributed by atoms with Crippen molar-refractivity contribution in [3.8, 4) is 0 Å². The number of halogens is 1. The Morgan fingerprint density at radius 2 is 2.42 bits per heavy atom. The molecule has 0 spiro atoms. The van der Waals surface area contributed by atoms with Gasteiger partial charge in [-0.3, -0.25) is 0 Å². The summed E-state index contributed by atoms with van der Waals surface area (Å²) in [7, 11) is 0. The zero-order chi connectivity index (χ0) is 13.8. The molecule has 0 saturated carbocycles. The highest BCUT2D eigenvalue weighted by molar-refractivity contribution is 5.89. The smallest absolute Gasteiger partial charge is 0.322 e. The van der Waals surface area contributed by atoms with Crippen LogP contribution in [0.1, 0.15) is 5.56 Å². The first-order valence-electron chi connectivity index (χ1n) is 6.14. The number of rotatable bonds is 2. The van der Waals surface area contributed by atoms with E-state index in [4.69, 9.17) is 4.74 Å². The van der Waals surface area contributed by atoms with Crippen LogP contribution in [-0.4, -0.2) is 48.4 Å². The lowest BCUT2D eigenvalue weighted by Crippen LogP contribution is -2.52. The van der Waals surface area contributed by atoms with Gasteiger partial charge >= 0.3 is 6.03 Å². The summed E-state index contributed by atoms with van der Waals surface area (Å²) >= 11 is 0. The molecule has 0 aliphatic carbocycles. The van der Waals surface area contributed by atoms with Gasteiger partial charge in [0, 0.05) is 6.54 Å². The molecule has 0 bridgehead atoms. The topological polar surface area (TPSA) is 61.8 Å². The number of anilines is 1. The van der Waals surface area contributed by atoms with Crippen LogP contribution in [0, 0.1) is 12.7 Å². The molecule has 1 unspecified atom stereocenters. The second-order valence-corrected chi connectivity index (χ2v) is 4.52. The zero-order valence-electron chi connectivity index (χ0n) is 10.7. The average molecular weight is 268 g/mol. The normalized spacial score (nSPS) is 19.3. The van der Waals surface area contributed by atoms with Crippen molar-refractivity contribution in [2.45, 2.75) is 13.0 Å².